The average Bonchev–Trinajstić information content (AvgIpc) is 3.29. The molecule has 8 heteroatoms. The number of ether oxygens (including phenoxy) is 2. The average molecular weight is 529 g/mol. The first-order valence-corrected chi connectivity index (χ1v) is 13.3. The highest BCUT2D eigenvalue weighted by atomic mass is 16.6. The van der Waals surface area contributed by atoms with Gasteiger partial charge in [0.1, 0.15) is 13.2 Å². The highest BCUT2D eigenvalue weighted by Gasteiger charge is 2.38. The molecular weight excluding hydrogens is 496 g/mol. The van der Waals surface area contributed by atoms with Gasteiger partial charge in [-0.15, -0.1) is 0 Å². The van der Waals surface area contributed by atoms with Crippen molar-refractivity contribution in [2.24, 2.45) is 5.92 Å². The number of hydrogen-bond donors (Lipinski definition) is 2. The molecule has 1 saturated heterocycles. The monoisotopic (exact) mass is 528 g/mol. The number of aliphatic carboxylic acids is 1. The zero-order valence-electron chi connectivity index (χ0n) is 21.6. The van der Waals surface area contributed by atoms with E-state index in [1.165, 1.54) is 4.90 Å². The minimum Gasteiger partial charge on any atom is -0.481 e. The maximum Gasteiger partial charge on any atom is 0.410 e. The third kappa shape index (κ3) is 5.90. The van der Waals surface area contributed by atoms with Crippen molar-refractivity contribution in [3.8, 4) is 11.1 Å². The van der Waals surface area contributed by atoms with E-state index in [4.69, 9.17) is 9.47 Å². The molecule has 0 aromatic heterocycles. The molecule has 2 unspecified atom stereocenters. The van der Waals surface area contributed by atoms with Gasteiger partial charge in [-0.3, -0.25) is 4.79 Å². The summed E-state index contributed by atoms with van der Waals surface area (Å²) in [6.07, 6.45) is 0.849. The molecule has 1 aliphatic carbocycles. The van der Waals surface area contributed by atoms with E-state index in [9.17, 15) is 19.5 Å². The number of alkyl carbamates (subject to hydrolysis) is 1. The molecule has 202 valence electrons. The number of amides is 2. The Hall–Kier alpha value is -4.33. The van der Waals surface area contributed by atoms with Crippen molar-refractivity contribution in [1.29, 1.82) is 0 Å². The number of rotatable bonds is 8. The molecule has 8 nitrogen and oxygen atoms in total. The lowest BCUT2D eigenvalue weighted by atomic mass is 9.90. The smallest absolute Gasteiger partial charge is 0.410 e. The van der Waals surface area contributed by atoms with Crippen LogP contribution in [0.15, 0.2) is 78.9 Å². The van der Waals surface area contributed by atoms with E-state index >= 15 is 0 Å². The van der Waals surface area contributed by atoms with Crippen molar-refractivity contribution >= 4 is 18.2 Å². The molecule has 2 amide bonds. The molecule has 1 heterocycles. The predicted octanol–water partition coefficient (Wildman–Crippen LogP) is 5.42. The normalized spacial score (nSPS) is 17.0. The highest BCUT2D eigenvalue weighted by Crippen LogP contribution is 2.44. The fraction of sp³-hybridized carbons (Fsp3) is 0.323. The summed E-state index contributed by atoms with van der Waals surface area (Å²) in [7, 11) is 0. The van der Waals surface area contributed by atoms with E-state index in [0.717, 1.165) is 40.7 Å². The van der Waals surface area contributed by atoms with Crippen LogP contribution >= 0.6 is 0 Å². The summed E-state index contributed by atoms with van der Waals surface area (Å²) in [5, 5.41) is 12.6. The first-order chi connectivity index (χ1) is 19.0. The van der Waals surface area contributed by atoms with E-state index in [1.807, 2.05) is 66.7 Å². The van der Waals surface area contributed by atoms with E-state index in [-0.39, 0.29) is 25.7 Å². The Labute approximate surface area is 227 Å². The molecule has 2 N–H and O–H groups in total. The van der Waals surface area contributed by atoms with Crippen molar-refractivity contribution in [3.05, 3.63) is 95.6 Å². The van der Waals surface area contributed by atoms with Crippen molar-refractivity contribution in [1.82, 2.24) is 10.2 Å². The number of piperidine rings is 1. The summed E-state index contributed by atoms with van der Waals surface area (Å²) in [5.74, 6) is -2.16. The lowest BCUT2D eigenvalue weighted by Crippen LogP contribution is -2.52. The molecule has 3 aromatic rings. The molecule has 1 fully saturated rings. The Balaban J connectivity index is 1.19. The number of carboxylic acid groups (broad SMARTS) is 1. The molecule has 0 spiro atoms. The van der Waals surface area contributed by atoms with Crippen LogP contribution < -0.4 is 5.32 Å². The lowest BCUT2D eigenvalue weighted by molar-refractivity contribution is -0.144. The minimum atomic E-state index is -1.08. The summed E-state index contributed by atoms with van der Waals surface area (Å²) in [4.78, 5) is 39.3. The molecular formula is C31H32N2O6. The number of fused-ring (bicyclic) bond motifs is 3. The number of nitrogens with zero attached hydrogens (tertiary/aromatic N) is 1. The molecule has 39 heavy (non-hydrogen) atoms. The summed E-state index contributed by atoms with van der Waals surface area (Å²) < 4.78 is 11.1. The molecule has 1 aliphatic heterocycles. The number of likely N-dealkylation sites (tertiary alicyclic amines) is 1. The standard InChI is InChI=1S/C31H32N2O6/c34-29(35)26(28-16-8-9-17-33(28)31(37)39-19-21-10-2-1-3-11-21)18-32-30(36)38-20-27-24-14-6-4-12-22(24)23-13-5-7-15-25(23)27/h1-7,10-15,26-28H,8-9,16-20H2,(H,32,36)(H,34,35). The van der Waals surface area contributed by atoms with E-state index in [0.29, 0.717) is 13.0 Å². The third-order valence-electron chi connectivity index (χ3n) is 7.58. The first-order valence-electron chi connectivity index (χ1n) is 13.3. The third-order valence-corrected chi connectivity index (χ3v) is 7.58. The zero-order valence-corrected chi connectivity index (χ0v) is 21.6. The van der Waals surface area contributed by atoms with Crippen LogP contribution in [-0.4, -0.2) is 53.9 Å². The zero-order chi connectivity index (χ0) is 27.2. The molecule has 0 radical (unpaired) electrons. The summed E-state index contributed by atoms with van der Waals surface area (Å²) in [5.41, 5.74) is 5.31. The Morgan fingerprint density at radius 2 is 1.51 bits per heavy atom. The quantitative estimate of drug-likeness (QED) is 0.405. The first kappa shape index (κ1) is 26.3. The molecule has 2 atom stereocenters. The second kappa shape index (κ2) is 12.0. The van der Waals surface area contributed by atoms with Crippen LogP contribution in [0.25, 0.3) is 11.1 Å². The van der Waals surface area contributed by atoms with Crippen molar-refractivity contribution in [2.75, 3.05) is 19.7 Å². The SMILES string of the molecule is O=C(NCC(C(=O)O)C1CCCCN1C(=O)OCc1ccccc1)OCC1c2ccccc2-c2ccccc21. The van der Waals surface area contributed by atoms with Gasteiger partial charge in [-0.1, -0.05) is 78.9 Å². The largest absolute Gasteiger partial charge is 0.481 e. The van der Waals surface area contributed by atoms with Crippen molar-refractivity contribution in [3.63, 3.8) is 0 Å². The second-order valence-electron chi connectivity index (χ2n) is 9.95. The summed E-state index contributed by atoms with van der Waals surface area (Å²) in [6.45, 7) is 0.504. The van der Waals surface area contributed by atoms with E-state index in [2.05, 4.69) is 17.4 Å². The Kier molecular flexibility index (Phi) is 8.10. The maximum absolute atomic E-state index is 12.9. The van der Waals surface area contributed by atoms with Gasteiger partial charge in [0.25, 0.3) is 0 Å². The highest BCUT2D eigenvalue weighted by molar-refractivity contribution is 5.79. The number of carbonyl (C=O) groups excluding carboxylic acids is 2. The molecule has 2 aliphatic rings. The molecule has 0 saturated carbocycles. The van der Waals surface area contributed by atoms with Crippen LogP contribution in [0.3, 0.4) is 0 Å². The van der Waals surface area contributed by atoms with Crippen LogP contribution in [0.2, 0.25) is 0 Å². The maximum atomic E-state index is 12.9. The number of carboxylic acids is 1. The van der Waals surface area contributed by atoms with Gasteiger partial charge in [-0.25, -0.2) is 9.59 Å². The Bertz CT molecular complexity index is 1280. The number of benzene rings is 3. The van der Waals surface area contributed by atoms with Gasteiger partial charge in [0.05, 0.1) is 12.0 Å². The number of nitrogens with one attached hydrogen (secondary N) is 1. The lowest BCUT2D eigenvalue weighted by Gasteiger charge is -2.38. The second-order valence-corrected chi connectivity index (χ2v) is 9.95. The molecule has 5 rings (SSSR count). The van der Waals surface area contributed by atoms with E-state index in [1.54, 1.807) is 0 Å². The van der Waals surface area contributed by atoms with Gasteiger partial charge < -0.3 is 24.8 Å². The summed E-state index contributed by atoms with van der Waals surface area (Å²) in [6, 6.07) is 24.9. The van der Waals surface area contributed by atoms with Crippen molar-refractivity contribution in [2.45, 2.75) is 37.8 Å². The fourth-order valence-corrected chi connectivity index (χ4v) is 5.64. The van der Waals surface area contributed by atoms with Gasteiger partial charge in [0, 0.05) is 19.0 Å². The van der Waals surface area contributed by atoms with Crippen LogP contribution in [-0.2, 0) is 20.9 Å². The van der Waals surface area contributed by atoms with Crippen LogP contribution in [0, 0.1) is 5.92 Å². The van der Waals surface area contributed by atoms with Crippen LogP contribution in [0.4, 0.5) is 9.59 Å². The van der Waals surface area contributed by atoms with Gasteiger partial charge in [0.15, 0.2) is 0 Å². The van der Waals surface area contributed by atoms with Crippen LogP contribution in [0.5, 0.6) is 0 Å². The Morgan fingerprint density at radius 1 is 0.872 bits per heavy atom. The predicted molar refractivity (Wildman–Crippen MR) is 145 cm³/mol. The van der Waals surface area contributed by atoms with Crippen LogP contribution in [0.1, 0.15) is 41.9 Å². The van der Waals surface area contributed by atoms with Gasteiger partial charge in [0.2, 0.25) is 0 Å². The Morgan fingerprint density at radius 3 is 2.18 bits per heavy atom. The number of hydrogen-bond acceptors (Lipinski definition) is 5. The van der Waals surface area contributed by atoms with E-state index < -0.39 is 30.1 Å². The van der Waals surface area contributed by atoms with Crippen molar-refractivity contribution < 1.29 is 29.0 Å². The van der Waals surface area contributed by atoms with Gasteiger partial charge in [-0.2, -0.15) is 0 Å². The van der Waals surface area contributed by atoms with Gasteiger partial charge >= 0.3 is 18.2 Å². The topological polar surface area (TPSA) is 105 Å². The molecule has 0 bridgehead atoms. The minimum absolute atomic E-state index is 0.0911. The summed E-state index contributed by atoms with van der Waals surface area (Å²) >= 11 is 0. The van der Waals surface area contributed by atoms with Gasteiger partial charge in [-0.05, 0) is 47.1 Å². The molecule has 3 aromatic carbocycles. The number of carbonyl (C=O) groups is 3. The fourth-order valence-electron chi connectivity index (χ4n) is 5.64.